The minimum atomic E-state index is -1.19. The van der Waals surface area contributed by atoms with Crippen molar-refractivity contribution in [3.63, 3.8) is 0 Å². The lowest BCUT2D eigenvalue weighted by atomic mass is 9.80. The molecule has 1 aliphatic heterocycles. The zero-order valence-corrected chi connectivity index (χ0v) is 20.4. The van der Waals surface area contributed by atoms with Crippen LogP contribution in [0.3, 0.4) is 0 Å². The number of ether oxygens (including phenoxy) is 2. The first-order valence-electron chi connectivity index (χ1n) is 10.4. The maximum Gasteiger partial charge on any atom is 0.496 e. The lowest BCUT2D eigenvalue weighted by Crippen LogP contribution is -2.41. The van der Waals surface area contributed by atoms with E-state index in [4.69, 9.17) is 18.8 Å². The highest BCUT2D eigenvalue weighted by atomic mass is 28.3. The van der Waals surface area contributed by atoms with E-state index < -0.39 is 32.4 Å². The molecule has 0 saturated carbocycles. The molecule has 7 nitrogen and oxygen atoms in total. The highest BCUT2D eigenvalue weighted by Crippen LogP contribution is 2.36. The number of hydrogen-bond donors (Lipinski definition) is 0. The zero-order chi connectivity index (χ0) is 22.3. The molecular weight excluding hydrogens is 399 g/mol. The number of carbonyl (C=O) groups is 1. The Hall–Kier alpha value is -1.68. The van der Waals surface area contributed by atoms with Gasteiger partial charge >= 0.3 is 13.1 Å². The molecule has 0 unspecified atom stereocenters. The number of aromatic nitrogens is 2. The molecule has 2 aromatic heterocycles. The van der Waals surface area contributed by atoms with Gasteiger partial charge in [-0.3, -0.25) is 4.57 Å². The van der Waals surface area contributed by atoms with Crippen molar-refractivity contribution in [1.82, 2.24) is 9.55 Å². The maximum atomic E-state index is 12.3. The van der Waals surface area contributed by atoms with E-state index in [9.17, 15) is 4.79 Å². The van der Waals surface area contributed by atoms with E-state index in [1.54, 1.807) is 16.8 Å². The first kappa shape index (κ1) is 23.0. The minimum Gasteiger partial charge on any atom is -0.464 e. The second kappa shape index (κ2) is 8.11. The molecule has 0 spiro atoms. The average molecular weight is 432 g/mol. The molecule has 0 N–H and O–H groups in total. The third kappa shape index (κ3) is 4.64. The fraction of sp³-hybridized carbons (Fsp3) is 0.619. The van der Waals surface area contributed by atoms with Gasteiger partial charge in [-0.25, -0.2) is 9.78 Å². The van der Waals surface area contributed by atoms with Crippen LogP contribution in [0.15, 0.2) is 18.3 Å². The van der Waals surface area contributed by atoms with Gasteiger partial charge in [0.2, 0.25) is 0 Å². The summed E-state index contributed by atoms with van der Waals surface area (Å²) in [6, 6.07) is 4.79. The molecule has 0 aromatic carbocycles. The van der Waals surface area contributed by atoms with E-state index in [0.29, 0.717) is 17.9 Å². The Kier molecular flexibility index (Phi) is 6.21. The van der Waals surface area contributed by atoms with Crippen molar-refractivity contribution in [2.45, 2.75) is 71.3 Å². The van der Waals surface area contributed by atoms with Crippen LogP contribution >= 0.6 is 0 Å². The summed E-state index contributed by atoms with van der Waals surface area (Å²) in [7, 11) is -0.326. The molecule has 9 heteroatoms. The molecule has 0 aliphatic carbocycles. The Morgan fingerprint density at radius 3 is 2.37 bits per heavy atom. The van der Waals surface area contributed by atoms with Crippen molar-refractivity contribution in [3.05, 3.63) is 24.0 Å². The monoisotopic (exact) mass is 432 g/mol. The summed E-state index contributed by atoms with van der Waals surface area (Å²) in [6.07, 6.45) is 1.74. The predicted molar refractivity (Wildman–Crippen MR) is 121 cm³/mol. The number of fused-ring (bicyclic) bond motifs is 1. The van der Waals surface area contributed by atoms with Crippen LogP contribution in [0.1, 0.15) is 38.2 Å². The standard InChI is InChI=1S/C21H33BN2O5Si/c1-20(2)21(3,4)29-22(28-20)16-11-15-12-17(19(25)26-5)24(18(15)23-13-16)14-27-9-10-30(6,7)8/h11-13H,9-10,14H2,1-8H3. The van der Waals surface area contributed by atoms with Crippen LogP contribution in [0.25, 0.3) is 11.0 Å². The lowest BCUT2D eigenvalue weighted by molar-refractivity contribution is 0.00578. The third-order valence-corrected chi connectivity index (χ3v) is 7.60. The molecule has 0 amide bonds. The Labute approximate surface area is 180 Å². The van der Waals surface area contributed by atoms with E-state index >= 15 is 0 Å². The van der Waals surface area contributed by atoms with Crippen LogP contribution in [-0.4, -0.2) is 55.6 Å². The van der Waals surface area contributed by atoms with Crippen LogP contribution in [0.5, 0.6) is 0 Å². The number of rotatable bonds is 7. The Balaban J connectivity index is 1.88. The molecule has 1 saturated heterocycles. The molecule has 0 atom stereocenters. The van der Waals surface area contributed by atoms with Crippen molar-refractivity contribution in [3.8, 4) is 0 Å². The van der Waals surface area contributed by atoms with Gasteiger partial charge in [0.15, 0.2) is 0 Å². The second-order valence-corrected chi connectivity index (χ2v) is 15.7. The van der Waals surface area contributed by atoms with Crippen molar-refractivity contribution in [2.75, 3.05) is 13.7 Å². The smallest absolute Gasteiger partial charge is 0.464 e. The number of hydrogen-bond acceptors (Lipinski definition) is 6. The number of pyridine rings is 1. The maximum absolute atomic E-state index is 12.3. The molecule has 2 aromatic rings. The molecule has 1 fully saturated rings. The molecule has 0 radical (unpaired) electrons. The predicted octanol–water partition coefficient (Wildman–Crippen LogP) is 3.43. The quantitative estimate of drug-likeness (QED) is 0.379. The fourth-order valence-corrected chi connectivity index (χ4v) is 3.97. The SMILES string of the molecule is COC(=O)c1cc2cc(B3OC(C)(C)C(C)(C)O3)cnc2n1COCC[Si](C)(C)C. The third-order valence-electron chi connectivity index (χ3n) is 5.89. The van der Waals surface area contributed by atoms with Crippen LogP contribution in [0, 0.1) is 0 Å². The van der Waals surface area contributed by atoms with Gasteiger partial charge in [-0.2, -0.15) is 0 Å². The molecular formula is C21H33BN2O5Si. The number of carbonyl (C=O) groups excluding carboxylic acids is 1. The summed E-state index contributed by atoms with van der Waals surface area (Å²) in [5.41, 5.74) is 1.04. The largest absolute Gasteiger partial charge is 0.496 e. The normalized spacial score (nSPS) is 18.2. The molecule has 164 valence electrons. The molecule has 1 aliphatic rings. The summed E-state index contributed by atoms with van der Waals surface area (Å²) >= 11 is 0. The van der Waals surface area contributed by atoms with E-state index in [0.717, 1.165) is 16.9 Å². The van der Waals surface area contributed by atoms with E-state index in [-0.39, 0.29) is 6.73 Å². The summed E-state index contributed by atoms with van der Waals surface area (Å²) in [5, 5.41) is 0.816. The van der Waals surface area contributed by atoms with E-state index in [1.165, 1.54) is 7.11 Å². The van der Waals surface area contributed by atoms with Gasteiger partial charge in [0.25, 0.3) is 0 Å². The summed E-state index contributed by atoms with van der Waals surface area (Å²) in [4.78, 5) is 16.9. The average Bonchev–Trinajstić information content (AvgIpc) is 3.10. The first-order valence-corrected chi connectivity index (χ1v) is 14.1. The Morgan fingerprint density at radius 1 is 1.17 bits per heavy atom. The molecule has 3 rings (SSSR count). The molecule has 3 heterocycles. The van der Waals surface area contributed by atoms with Gasteiger partial charge in [0, 0.05) is 31.7 Å². The fourth-order valence-electron chi connectivity index (χ4n) is 3.21. The highest BCUT2D eigenvalue weighted by Gasteiger charge is 2.51. The number of nitrogens with zero attached hydrogens (tertiary/aromatic N) is 2. The minimum absolute atomic E-state index is 0.251. The summed E-state index contributed by atoms with van der Waals surface area (Å²) in [6.45, 7) is 15.9. The van der Waals surface area contributed by atoms with Gasteiger partial charge in [-0.05, 0) is 45.9 Å². The Morgan fingerprint density at radius 2 is 1.80 bits per heavy atom. The van der Waals surface area contributed by atoms with E-state index in [1.807, 2.05) is 33.8 Å². The zero-order valence-electron chi connectivity index (χ0n) is 19.4. The topological polar surface area (TPSA) is 71.8 Å². The summed E-state index contributed by atoms with van der Waals surface area (Å²) < 4.78 is 24.9. The van der Waals surface area contributed by atoms with Gasteiger partial charge in [-0.15, -0.1) is 0 Å². The van der Waals surface area contributed by atoms with Crippen LogP contribution in [0.4, 0.5) is 0 Å². The Bertz CT molecular complexity index is 919. The van der Waals surface area contributed by atoms with Crippen molar-refractivity contribution in [2.24, 2.45) is 0 Å². The first-order chi connectivity index (χ1) is 13.8. The van der Waals surface area contributed by atoms with Crippen molar-refractivity contribution in [1.29, 1.82) is 0 Å². The van der Waals surface area contributed by atoms with Gasteiger partial charge in [-0.1, -0.05) is 19.6 Å². The molecule has 30 heavy (non-hydrogen) atoms. The lowest BCUT2D eigenvalue weighted by Gasteiger charge is -2.32. The van der Waals surface area contributed by atoms with Gasteiger partial charge < -0.3 is 18.8 Å². The van der Waals surface area contributed by atoms with Gasteiger partial charge in [0.05, 0.1) is 18.3 Å². The van der Waals surface area contributed by atoms with Crippen molar-refractivity contribution >= 4 is 37.7 Å². The van der Waals surface area contributed by atoms with Crippen LogP contribution < -0.4 is 5.46 Å². The van der Waals surface area contributed by atoms with Crippen LogP contribution in [-0.2, 0) is 25.5 Å². The van der Waals surface area contributed by atoms with Gasteiger partial charge in [0.1, 0.15) is 18.1 Å². The number of methoxy groups -OCH3 is 1. The molecule has 0 bridgehead atoms. The van der Waals surface area contributed by atoms with Crippen molar-refractivity contribution < 1.29 is 23.6 Å². The number of esters is 1. The second-order valence-electron chi connectivity index (χ2n) is 10.1. The van der Waals surface area contributed by atoms with E-state index in [2.05, 4.69) is 24.6 Å². The summed E-state index contributed by atoms with van der Waals surface area (Å²) in [5.74, 6) is -0.418. The highest BCUT2D eigenvalue weighted by molar-refractivity contribution is 6.76. The van der Waals surface area contributed by atoms with Crippen LogP contribution in [0.2, 0.25) is 25.7 Å².